The number of hydrogen-bond acceptors (Lipinski definition) is 2. The van der Waals surface area contributed by atoms with E-state index in [-0.39, 0.29) is 6.07 Å². The van der Waals surface area contributed by atoms with Crippen LogP contribution in [0.3, 0.4) is 0 Å². The van der Waals surface area contributed by atoms with Crippen LogP contribution in [0.25, 0.3) is 0 Å². The molecule has 3 heteroatoms. The lowest BCUT2D eigenvalue weighted by Gasteiger charge is -1.77. The van der Waals surface area contributed by atoms with Crippen LogP contribution in [0, 0.1) is 0 Å². The molecule has 0 atom stereocenters. The molecule has 0 radical (unpaired) electrons. The molecule has 2 nitrogen and oxygen atoms in total. The van der Waals surface area contributed by atoms with Crippen molar-refractivity contribution in [3.63, 3.8) is 0 Å². The first kappa shape index (κ1) is 4.76. The van der Waals surface area contributed by atoms with E-state index in [4.69, 9.17) is 16.4 Å². The van der Waals surface area contributed by atoms with Crippen molar-refractivity contribution in [2.75, 3.05) is 6.07 Å². The molecular formula is C2H3ClO2. The van der Waals surface area contributed by atoms with Crippen LogP contribution in [-0.4, -0.2) is 12.5 Å². The second-order valence-corrected chi connectivity index (χ2v) is 0.590. The van der Waals surface area contributed by atoms with Crippen molar-refractivity contribution < 1.29 is 9.53 Å². The summed E-state index contributed by atoms with van der Waals surface area (Å²) in [6, 6.07) is -0.0521. The monoisotopic (exact) mass is 94.0 g/mol. The summed E-state index contributed by atoms with van der Waals surface area (Å²) in [4.78, 5) is 9.10. The van der Waals surface area contributed by atoms with Crippen molar-refractivity contribution in [2.24, 2.45) is 0 Å². The Morgan fingerprint density at radius 3 is 2.60 bits per heavy atom. The summed E-state index contributed by atoms with van der Waals surface area (Å²) in [5.41, 5.74) is 0. The van der Waals surface area contributed by atoms with Crippen LogP contribution in [0.5, 0.6) is 0 Å². The van der Waals surface area contributed by atoms with Crippen molar-refractivity contribution in [1.82, 2.24) is 0 Å². The zero-order chi connectivity index (χ0) is 4.12. The highest BCUT2D eigenvalue weighted by molar-refractivity contribution is 6.17. The molecule has 0 rings (SSSR count). The molecule has 0 saturated heterocycles. The summed E-state index contributed by atoms with van der Waals surface area (Å²) in [5, 5.41) is 0. The van der Waals surface area contributed by atoms with E-state index in [1.807, 2.05) is 0 Å². The normalized spacial score (nSPS) is 6.60. The van der Waals surface area contributed by atoms with E-state index in [0.717, 1.165) is 0 Å². The zero-order valence-electron chi connectivity index (χ0n) is 2.48. The Morgan fingerprint density at radius 1 is 2.00 bits per heavy atom. The third-order valence-corrected chi connectivity index (χ3v) is 0.257. The number of carbonyl (C=O) groups is 1. The standard InChI is InChI=1S/C2H3ClO2/c3-1-5-2-4/h2H,1H2. The summed E-state index contributed by atoms with van der Waals surface area (Å²) in [6.45, 7) is 0.299. The Kier molecular flexibility index (Phi) is 3.58. The Bertz CT molecular complexity index is 28.8. The van der Waals surface area contributed by atoms with Crippen LogP contribution < -0.4 is 0 Å². The van der Waals surface area contributed by atoms with Gasteiger partial charge in [0.15, 0.2) is 6.07 Å². The van der Waals surface area contributed by atoms with Crippen molar-refractivity contribution in [1.29, 1.82) is 0 Å². The number of alkyl halides is 1. The van der Waals surface area contributed by atoms with E-state index in [2.05, 4.69) is 4.74 Å². The molecular weight excluding hydrogens is 91.5 g/mol. The molecule has 0 fully saturated rings. The molecule has 0 spiro atoms. The van der Waals surface area contributed by atoms with Gasteiger partial charge in [-0.25, -0.2) is 0 Å². The molecule has 0 heterocycles. The Morgan fingerprint density at radius 2 is 2.60 bits per heavy atom. The molecule has 5 heavy (non-hydrogen) atoms. The van der Waals surface area contributed by atoms with E-state index in [1.54, 1.807) is 0 Å². The molecule has 0 amide bonds. The van der Waals surface area contributed by atoms with Crippen LogP contribution in [0.4, 0.5) is 0 Å². The Labute approximate surface area is 34.7 Å². The smallest absolute Gasteiger partial charge is 0.294 e. The maximum absolute atomic E-state index is 9.10. The molecule has 0 aliphatic rings. The van der Waals surface area contributed by atoms with Gasteiger partial charge in [0.2, 0.25) is 0 Å². The second kappa shape index (κ2) is 3.76. The average molecular weight is 94.5 g/mol. The Hall–Kier alpha value is -0.240. The predicted octanol–water partition coefficient (Wildman–Crippen LogP) is 0.356. The molecule has 0 aromatic rings. The van der Waals surface area contributed by atoms with Gasteiger partial charge < -0.3 is 4.74 Å². The summed E-state index contributed by atoms with van der Waals surface area (Å²) in [7, 11) is 0. The lowest BCUT2D eigenvalue weighted by molar-refractivity contribution is -0.126. The summed E-state index contributed by atoms with van der Waals surface area (Å²) in [6.07, 6.45) is 0. The van der Waals surface area contributed by atoms with Crippen molar-refractivity contribution in [3.05, 3.63) is 0 Å². The zero-order valence-corrected chi connectivity index (χ0v) is 3.23. The fraction of sp³-hybridized carbons (Fsp3) is 0.500. The second-order valence-electron chi connectivity index (χ2n) is 0.372. The van der Waals surface area contributed by atoms with E-state index in [1.165, 1.54) is 0 Å². The molecule has 0 aliphatic carbocycles. The number of halogens is 1. The van der Waals surface area contributed by atoms with Crippen LogP contribution in [0.15, 0.2) is 0 Å². The molecule has 0 aromatic carbocycles. The van der Waals surface area contributed by atoms with E-state index in [0.29, 0.717) is 6.47 Å². The first-order valence-corrected chi connectivity index (χ1v) is 1.56. The van der Waals surface area contributed by atoms with Gasteiger partial charge in [0.05, 0.1) is 0 Å². The minimum Gasteiger partial charge on any atom is -0.452 e. The lowest BCUT2D eigenvalue weighted by Crippen LogP contribution is -1.77. The minimum absolute atomic E-state index is 0.0521. The molecule has 0 N–H and O–H groups in total. The largest absolute Gasteiger partial charge is 0.452 e. The van der Waals surface area contributed by atoms with E-state index in [9.17, 15) is 0 Å². The molecule has 0 bridgehead atoms. The fourth-order valence-corrected chi connectivity index (χ4v) is 0.0772. The van der Waals surface area contributed by atoms with Crippen LogP contribution >= 0.6 is 11.6 Å². The van der Waals surface area contributed by atoms with Crippen LogP contribution in [0.2, 0.25) is 0 Å². The Balaban J connectivity index is 2.40. The predicted molar refractivity (Wildman–Crippen MR) is 17.9 cm³/mol. The SMILES string of the molecule is O=COCCl. The van der Waals surface area contributed by atoms with Gasteiger partial charge in [0.25, 0.3) is 6.47 Å². The first-order chi connectivity index (χ1) is 2.41. The molecule has 0 unspecified atom stereocenters. The van der Waals surface area contributed by atoms with Crippen LogP contribution in [0.1, 0.15) is 0 Å². The van der Waals surface area contributed by atoms with Gasteiger partial charge in [-0.2, -0.15) is 0 Å². The van der Waals surface area contributed by atoms with Crippen molar-refractivity contribution in [2.45, 2.75) is 0 Å². The third kappa shape index (κ3) is 3.76. The third-order valence-electron chi connectivity index (χ3n) is 0.131. The fourth-order valence-electron chi connectivity index (χ4n) is 0.0257. The van der Waals surface area contributed by atoms with Crippen LogP contribution in [-0.2, 0) is 9.53 Å². The van der Waals surface area contributed by atoms with Crippen molar-refractivity contribution in [3.8, 4) is 0 Å². The van der Waals surface area contributed by atoms with E-state index < -0.39 is 0 Å². The highest BCUT2D eigenvalue weighted by Crippen LogP contribution is 1.68. The molecule has 0 saturated carbocycles. The van der Waals surface area contributed by atoms with Gasteiger partial charge in [-0.05, 0) is 0 Å². The number of hydrogen-bond donors (Lipinski definition) is 0. The quantitative estimate of drug-likeness (QED) is 0.365. The van der Waals surface area contributed by atoms with Gasteiger partial charge in [-0.1, -0.05) is 11.6 Å². The van der Waals surface area contributed by atoms with Crippen molar-refractivity contribution >= 4 is 18.1 Å². The maximum Gasteiger partial charge on any atom is 0.294 e. The molecule has 30 valence electrons. The highest BCUT2D eigenvalue weighted by atomic mass is 35.5. The first-order valence-electron chi connectivity index (χ1n) is 1.03. The summed E-state index contributed by atoms with van der Waals surface area (Å²) in [5.74, 6) is 0. The topological polar surface area (TPSA) is 26.3 Å². The summed E-state index contributed by atoms with van der Waals surface area (Å²) >= 11 is 4.85. The number of carbonyl (C=O) groups excluding carboxylic acids is 1. The average Bonchev–Trinajstić information content (AvgIpc) is 1.41. The number of ether oxygens (including phenoxy) is 1. The van der Waals surface area contributed by atoms with Gasteiger partial charge in [0, 0.05) is 0 Å². The number of rotatable bonds is 2. The highest BCUT2D eigenvalue weighted by Gasteiger charge is 1.63. The lowest BCUT2D eigenvalue weighted by atomic mass is 11.5. The molecule has 0 aromatic heterocycles. The molecule has 0 aliphatic heterocycles. The summed E-state index contributed by atoms with van der Waals surface area (Å²) < 4.78 is 3.92. The maximum atomic E-state index is 9.10. The van der Waals surface area contributed by atoms with Gasteiger partial charge in [-0.3, -0.25) is 4.79 Å². The van der Waals surface area contributed by atoms with E-state index >= 15 is 0 Å². The van der Waals surface area contributed by atoms with Gasteiger partial charge in [-0.15, -0.1) is 0 Å². The minimum atomic E-state index is -0.0521. The van der Waals surface area contributed by atoms with Gasteiger partial charge in [0.1, 0.15) is 0 Å². The van der Waals surface area contributed by atoms with Gasteiger partial charge >= 0.3 is 0 Å².